The molecule has 0 amide bonds. The van der Waals surface area contributed by atoms with E-state index >= 15 is 0 Å². The molecule has 0 aromatic heterocycles. The Morgan fingerprint density at radius 1 is 0.933 bits per heavy atom. The monoisotopic (exact) mass is 232 g/mol. The Kier molecular flexibility index (Phi) is 9.45. The second-order valence-corrected chi connectivity index (χ2v) is 9.00. The van der Waals surface area contributed by atoms with Crippen molar-refractivity contribution in [3.05, 3.63) is 0 Å². The van der Waals surface area contributed by atoms with Gasteiger partial charge in [-0.15, -0.1) is 0 Å². The van der Waals surface area contributed by atoms with E-state index in [0.717, 1.165) is 12.8 Å². The molecule has 0 saturated heterocycles. The second-order valence-electron chi connectivity index (χ2n) is 4.78. The number of rotatable bonds is 10. The van der Waals surface area contributed by atoms with Gasteiger partial charge in [-0.3, -0.25) is 0 Å². The van der Waals surface area contributed by atoms with Crippen LogP contribution in [0.2, 0.25) is 13.1 Å². The van der Waals surface area contributed by atoms with Crippen molar-refractivity contribution in [2.24, 2.45) is 0 Å². The van der Waals surface area contributed by atoms with Crippen molar-refractivity contribution >= 4 is 8.32 Å². The molecule has 15 heavy (non-hydrogen) atoms. The average molecular weight is 232 g/mol. The van der Waals surface area contributed by atoms with Crippen molar-refractivity contribution in [2.75, 3.05) is 19.9 Å². The predicted octanol–water partition coefficient (Wildman–Crippen LogP) is 3.75. The molecule has 0 aromatic rings. The van der Waals surface area contributed by atoms with Gasteiger partial charge in [0, 0.05) is 13.7 Å². The molecular weight excluding hydrogens is 204 g/mol. The lowest BCUT2D eigenvalue weighted by Crippen LogP contribution is -2.35. The zero-order chi connectivity index (χ0) is 11.6. The van der Waals surface area contributed by atoms with Crippen LogP contribution in [0.3, 0.4) is 0 Å². The van der Waals surface area contributed by atoms with Crippen LogP contribution in [0.5, 0.6) is 0 Å². The third-order valence-electron chi connectivity index (χ3n) is 2.64. The molecule has 0 bridgehead atoms. The van der Waals surface area contributed by atoms with Crippen molar-refractivity contribution < 1.29 is 9.16 Å². The summed E-state index contributed by atoms with van der Waals surface area (Å²) in [6.07, 6.45) is 8.80. The Balaban J connectivity index is 3.11. The summed E-state index contributed by atoms with van der Waals surface area (Å²) in [6, 6.07) is 0. The summed E-state index contributed by atoms with van der Waals surface area (Å²) in [7, 11) is 0.311. The molecule has 2 nitrogen and oxygen atoms in total. The number of hydrogen-bond donors (Lipinski definition) is 0. The molecular formula is C12H28O2Si. The number of ether oxygens (including phenoxy) is 1. The fourth-order valence-electron chi connectivity index (χ4n) is 1.36. The Bertz CT molecular complexity index is 138. The summed E-state index contributed by atoms with van der Waals surface area (Å²) in [6.45, 7) is 7.54. The molecule has 0 aliphatic heterocycles. The molecule has 0 aliphatic carbocycles. The Morgan fingerprint density at radius 3 is 2.13 bits per heavy atom. The van der Waals surface area contributed by atoms with E-state index in [2.05, 4.69) is 20.0 Å². The minimum absolute atomic E-state index is 0.832. The lowest BCUT2D eigenvalue weighted by Gasteiger charge is -2.19. The average Bonchev–Trinajstić information content (AvgIpc) is 2.22. The largest absolute Gasteiger partial charge is 0.418 e. The van der Waals surface area contributed by atoms with Gasteiger partial charge in [-0.25, -0.2) is 0 Å². The van der Waals surface area contributed by atoms with E-state index in [1.54, 1.807) is 7.11 Å². The van der Waals surface area contributed by atoms with Crippen LogP contribution in [0.15, 0.2) is 0 Å². The molecule has 0 radical (unpaired) electrons. The van der Waals surface area contributed by atoms with E-state index in [9.17, 15) is 0 Å². The lowest BCUT2D eigenvalue weighted by atomic mass is 10.1. The maximum absolute atomic E-state index is 5.63. The van der Waals surface area contributed by atoms with Crippen LogP contribution >= 0.6 is 0 Å². The van der Waals surface area contributed by atoms with Gasteiger partial charge in [-0.05, 0) is 19.5 Å². The van der Waals surface area contributed by atoms with Gasteiger partial charge in [-0.2, -0.15) is 0 Å². The molecule has 0 saturated carbocycles. The van der Waals surface area contributed by atoms with E-state index < -0.39 is 8.32 Å². The molecule has 0 aliphatic rings. The topological polar surface area (TPSA) is 18.5 Å². The van der Waals surface area contributed by atoms with Gasteiger partial charge in [0.05, 0.1) is 6.23 Å². The van der Waals surface area contributed by atoms with E-state index in [-0.39, 0.29) is 0 Å². The highest BCUT2D eigenvalue weighted by molar-refractivity contribution is 6.71. The molecule has 0 rings (SSSR count). The van der Waals surface area contributed by atoms with Gasteiger partial charge in [-0.1, -0.05) is 39.0 Å². The molecule has 0 spiro atoms. The zero-order valence-corrected chi connectivity index (χ0v) is 12.0. The van der Waals surface area contributed by atoms with Crippen molar-refractivity contribution in [2.45, 2.75) is 58.5 Å². The predicted molar refractivity (Wildman–Crippen MR) is 68.7 cm³/mol. The van der Waals surface area contributed by atoms with Crippen molar-refractivity contribution in [3.8, 4) is 0 Å². The van der Waals surface area contributed by atoms with Gasteiger partial charge in [0.2, 0.25) is 8.32 Å². The fraction of sp³-hybridized carbons (Fsp3) is 1.00. The first kappa shape index (κ1) is 15.1. The van der Waals surface area contributed by atoms with Crippen molar-refractivity contribution in [1.82, 2.24) is 0 Å². The van der Waals surface area contributed by atoms with Crippen LogP contribution in [-0.2, 0) is 9.16 Å². The minimum atomic E-state index is -1.48. The summed E-state index contributed by atoms with van der Waals surface area (Å²) in [4.78, 5) is 0. The molecule has 0 fully saturated rings. The van der Waals surface area contributed by atoms with Crippen LogP contribution in [-0.4, -0.2) is 28.3 Å². The van der Waals surface area contributed by atoms with Gasteiger partial charge >= 0.3 is 0 Å². The SMILES string of the molecule is CCCCCCCCOC[Si](C)(C)OC. The van der Waals surface area contributed by atoms with Crippen LogP contribution < -0.4 is 0 Å². The first-order chi connectivity index (χ1) is 7.12. The summed E-state index contributed by atoms with van der Waals surface area (Å²) >= 11 is 0. The second kappa shape index (κ2) is 9.37. The summed E-state index contributed by atoms with van der Waals surface area (Å²) < 4.78 is 11.0. The normalized spacial score (nSPS) is 12.0. The van der Waals surface area contributed by atoms with Gasteiger partial charge in [0.1, 0.15) is 0 Å². The standard InChI is InChI=1S/C12H28O2Si/c1-5-6-7-8-9-10-11-14-12-15(3,4)13-2/h5-12H2,1-4H3. The minimum Gasteiger partial charge on any atom is -0.418 e. The molecule has 0 aromatic carbocycles. The first-order valence-electron chi connectivity index (χ1n) is 6.25. The van der Waals surface area contributed by atoms with Crippen LogP contribution in [0.4, 0.5) is 0 Å². The number of unbranched alkanes of at least 4 members (excludes halogenated alkanes) is 5. The first-order valence-corrected chi connectivity index (χ1v) is 9.37. The summed E-state index contributed by atoms with van der Waals surface area (Å²) in [5, 5.41) is 0. The molecule has 0 unspecified atom stereocenters. The van der Waals surface area contributed by atoms with Crippen LogP contribution in [0.25, 0.3) is 0 Å². The van der Waals surface area contributed by atoms with Crippen LogP contribution in [0, 0.1) is 0 Å². The summed E-state index contributed by atoms with van der Waals surface area (Å²) in [5.74, 6) is 0. The number of hydrogen-bond acceptors (Lipinski definition) is 2. The van der Waals surface area contributed by atoms with Crippen molar-refractivity contribution in [1.29, 1.82) is 0 Å². The summed E-state index contributed by atoms with van der Waals surface area (Å²) in [5.41, 5.74) is 0. The van der Waals surface area contributed by atoms with Crippen LogP contribution in [0.1, 0.15) is 45.4 Å². The Labute approximate surface area is 96.5 Å². The van der Waals surface area contributed by atoms with Gasteiger partial charge in [0.25, 0.3) is 0 Å². The quantitative estimate of drug-likeness (QED) is 0.422. The maximum Gasteiger partial charge on any atom is 0.211 e. The molecule has 3 heteroatoms. The highest BCUT2D eigenvalue weighted by Crippen LogP contribution is 2.06. The zero-order valence-electron chi connectivity index (χ0n) is 11.0. The van der Waals surface area contributed by atoms with Gasteiger partial charge < -0.3 is 9.16 Å². The highest BCUT2D eigenvalue weighted by Gasteiger charge is 2.20. The smallest absolute Gasteiger partial charge is 0.211 e. The van der Waals surface area contributed by atoms with E-state index in [0.29, 0.717) is 0 Å². The fourth-order valence-corrected chi connectivity index (χ4v) is 2.12. The lowest BCUT2D eigenvalue weighted by molar-refractivity contribution is 0.154. The molecule has 0 atom stereocenters. The molecule has 0 N–H and O–H groups in total. The Hall–Kier alpha value is 0.137. The Morgan fingerprint density at radius 2 is 1.53 bits per heavy atom. The third-order valence-corrected chi connectivity index (χ3v) is 4.65. The van der Waals surface area contributed by atoms with Crippen molar-refractivity contribution in [3.63, 3.8) is 0 Å². The van der Waals surface area contributed by atoms with E-state index in [4.69, 9.17) is 9.16 Å². The molecule has 92 valence electrons. The third kappa shape index (κ3) is 10.4. The van der Waals surface area contributed by atoms with E-state index in [1.807, 2.05) is 0 Å². The maximum atomic E-state index is 5.63. The molecule has 0 heterocycles. The van der Waals surface area contributed by atoms with Gasteiger partial charge in [0.15, 0.2) is 0 Å². The highest BCUT2D eigenvalue weighted by atomic mass is 28.4. The van der Waals surface area contributed by atoms with E-state index in [1.165, 1.54) is 38.5 Å².